The van der Waals surface area contributed by atoms with E-state index in [0.717, 1.165) is 0 Å². The van der Waals surface area contributed by atoms with Crippen molar-refractivity contribution >= 4 is 17.7 Å². The minimum absolute atomic E-state index is 0.0903. The van der Waals surface area contributed by atoms with Gasteiger partial charge in [0, 0.05) is 0 Å². The van der Waals surface area contributed by atoms with E-state index in [9.17, 15) is 4.79 Å². The molecule has 0 aliphatic heterocycles. The molecule has 0 spiro atoms. The van der Waals surface area contributed by atoms with E-state index < -0.39 is 6.09 Å². The van der Waals surface area contributed by atoms with Crippen molar-refractivity contribution < 1.29 is 9.90 Å². The van der Waals surface area contributed by atoms with Crippen molar-refractivity contribution in [1.29, 1.82) is 0 Å². The summed E-state index contributed by atoms with van der Waals surface area (Å²) in [6, 6.07) is 0. The topological polar surface area (TPSA) is 49.3 Å². The summed E-state index contributed by atoms with van der Waals surface area (Å²) in [5.74, 6) is 0. The molecule has 0 aromatic carbocycles. The van der Waals surface area contributed by atoms with Crippen LogP contribution in [0.25, 0.3) is 0 Å². The number of amides is 1. The highest BCUT2D eigenvalue weighted by molar-refractivity contribution is 6.29. The summed E-state index contributed by atoms with van der Waals surface area (Å²) in [5.41, 5.74) is 0. The molecule has 0 aromatic heterocycles. The van der Waals surface area contributed by atoms with Crippen molar-refractivity contribution in [3.05, 3.63) is 11.7 Å². The number of halogens is 1. The van der Waals surface area contributed by atoms with Gasteiger partial charge in [0.1, 0.15) is 5.16 Å². The summed E-state index contributed by atoms with van der Waals surface area (Å²) in [4.78, 5) is 9.55. The number of hydrogen-bond donors (Lipinski definition) is 2. The van der Waals surface area contributed by atoms with Crippen LogP contribution in [-0.2, 0) is 0 Å². The first-order valence-corrected chi connectivity index (χ1v) is 1.85. The van der Waals surface area contributed by atoms with Crippen LogP contribution in [0.15, 0.2) is 11.7 Å². The molecular weight excluding hydrogens is 117 g/mol. The molecule has 0 saturated heterocycles. The highest BCUT2D eigenvalue weighted by Gasteiger charge is 1.90. The maximum Gasteiger partial charge on any atom is 0.409 e. The van der Waals surface area contributed by atoms with Gasteiger partial charge in [-0.15, -0.1) is 0 Å². The van der Waals surface area contributed by atoms with Crippen molar-refractivity contribution in [2.45, 2.75) is 0 Å². The van der Waals surface area contributed by atoms with Crippen molar-refractivity contribution in [3.63, 3.8) is 0 Å². The van der Waals surface area contributed by atoms with Gasteiger partial charge in [-0.1, -0.05) is 18.2 Å². The fraction of sp³-hybridized carbons (Fsp3) is 0. The van der Waals surface area contributed by atoms with Gasteiger partial charge in [-0.3, -0.25) is 5.32 Å². The van der Waals surface area contributed by atoms with Gasteiger partial charge in [0.2, 0.25) is 0 Å². The fourth-order valence-electron chi connectivity index (χ4n) is 0.116. The Morgan fingerprint density at radius 1 is 1.86 bits per heavy atom. The molecule has 0 unspecified atom stereocenters. The lowest BCUT2D eigenvalue weighted by Gasteiger charge is -1.89. The Bertz CT molecular complexity index is 89.1. The lowest BCUT2D eigenvalue weighted by Crippen LogP contribution is -2.15. The normalized spacial score (nSPS) is 7.57. The van der Waals surface area contributed by atoms with Crippen LogP contribution < -0.4 is 5.32 Å². The Morgan fingerprint density at radius 2 is 2.29 bits per heavy atom. The molecule has 0 fully saturated rings. The Balaban J connectivity index is 3.32. The van der Waals surface area contributed by atoms with Gasteiger partial charge in [-0.05, 0) is 0 Å². The van der Waals surface area contributed by atoms with E-state index in [-0.39, 0.29) is 5.16 Å². The van der Waals surface area contributed by atoms with Gasteiger partial charge in [0.15, 0.2) is 0 Å². The van der Waals surface area contributed by atoms with Crippen LogP contribution >= 0.6 is 11.6 Å². The maximum absolute atomic E-state index is 9.55. The third-order valence-corrected chi connectivity index (χ3v) is 0.337. The molecule has 0 aromatic rings. The zero-order valence-corrected chi connectivity index (χ0v) is 4.20. The Hall–Kier alpha value is -0.700. The Labute approximate surface area is 45.6 Å². The van der Waals surface area contributed by atoms with Gasteiger partial charge >= 0.3 is 6.09 Å². The number of carbonyl (C=O) groups is 1. The first-order chi connectivity index (χ1) is 3.13. The number of hydrogen-bond acceptors (Lipinski definition) is 1. The van der Waals surface area contributed by atoms with Crippen LogP contribution in [-0.4, -0.2) is 11.2 Å². The largest absolute Gasteiger partial charge is 0.465 e. The lowest BCUT2D eigenvalue weighted by atomic mass is 10.9. The molecule has 2 N–H and O–H groups in total. The summed E-state index contributed by atoms with van der Waals surface area (Å²) < 4.78 is 0. The smallest absolute Gasteiger partial charge is 0.409 e. The van der Waals surface area contributed by atoms with E-state index in [4.69, 9.17) is 16.7 Å². The van der Waals surface area contributed by atoms with Gasteiger partial charge in [0.25, 0.3) is 0 Å². The molecule has 0 rings (SSSR count). The second-order valence-corrected chi connectivity index (χ2v) is 1.29. The zero-order chi connectivity index (χ0) is 5.86. The molecule has 4 heteroatoms. The van der Waals surface area contributed by atoms with Crippen LogP contribution in [0.4, 0.5) is 4.79 Å². The van der Waals surface area contributed by atoms with E-state index in [1.165, 1.54) is 0 Å². The van der Waals surface area contributed by atoms with E-state index in [1.54, 1.807) is 5.32 Å². The average molecular weight is 122 g/mol. The van der Waals surface area contributed by atoms with Gasteiger partial charge in [0.05, 0.1) is 0 Å². The third-order valence-electron chi connectivity index (χ3n) is 0.243. The van der Waals surface area contributed by atoms with Crippen molar-refractivity contribution in [1.82, 2.24) is 5.32 Å². The molecule has 0 bridgehead atoms. The molecule has 0 aliphatic rings. The first-order valence-electron chi connectivity index (χ1n) is 1.47. The zero-order valence-electron chi connectivity index (χ0n) is 3.44. The second kappa shape index (κ2) is 2.47. The van der Waals surface area contributed by atoms with Gasteiger partial charge < -0.3 is 5.11 Å². The van der Waals surface area contributed by atoms with E-state index >= 15 is 0 Å². The molecule has 0 radical (unpaired) electrons. The number of rotatable bonds is 1. The van der Waals surface area contributed by atoms with E-state index in [0.29, 0.717) is 0 Å². The molecule has 7 heavy (non-hydrogen) atoms. The van der Waals surface area contributed by atoms with Gasteiger partial charge in [-0.25, -0.2) is 4.79 Å². The predicted molar refractivity (Wildman–Crippen MR) is 26.2 cm³/mol. The highest BCUT2D eigenvalue weighted by atomic mass is 35.5. The minimum atomic E-state index is -1.19. The monoisotopic (exact) mass is 121 g/mol. The second-order valence-electron chi connectivity index (χ2n) is 0.835. The summed E-state index contributed by atoms with van der Waals surface area (Å²) in [6.07, 6.45) is -1.19. The van der Waals surface area contributed by atoms with E-state index in [2.05, 4.69) is 6.58 Å². The van der Waals surface area contributed by atoms with Gasteiger partial charge in [-0.2, -0.15) is 0 Å². The molecule has 1 amide bonds. The van der Waals surface area contributed by atoms with Crippen LogP contribution in [0.2, 0.25) is 0 Å². The Morgan fingerprint density at radius 3 is 2.29 bits per heavy atom. The molecule has 0 heterocycles. The van der Waals surface area contributed by atoms with Crippen LogP contribution in [0.1, 0.15) is 0 Å². The average Bonchev–Trinajstić information content (AvgIpc) is 1.27. The number of carboxylic acid groups (broad SMARTS) is 1. The summed E-state index contributed by atoms with van der Waals surface area (Å²) in [7, 11) is 0. The minimum Gasteiger partial charge on any atom is -0.465 e. The molecule has 0 atom stereocenters. The third kappa shape index (κ3) is 5.30. The maximum atomic E-state index is 9.55. The molecular formula is C3H4ClNO2. The summed E-state index contributed by atoms with van der Waals surface area (Å²) >= 11 is 4.99. The summed E-state index contributed by atoms with van der Waals surface area (Å²) in [5, 5.41) is 9.53. The number of nitrogens with one attached hydrogen (secondary N) is 1. The van der Waals surface area contributed by atoms with Crippen LogP contribution in [0.3, 0.4) is 0 Å². The fourth-order valence-corrected chi connectivity index (χ4v) is 0.197. The van der Waals surface area contributed by atoms with Crippen molar-refractivity contribution in [2.24, 2.45) is 0 Å². The first kappa shape index (κ1) is 6.30. The SMILES string of the molecule is C=C(Cl)NC(=O)O. The predicted octanol–water partition coefficient (Wildman–Crippen LogP) is 0.964. The van der Waals surface area contributed by atoms with Crippen molar-refractivity contribution in [3.8, 4) is 0 Å². The Kier molecular flexibility index (Phi) is 2.22. The molecule has 3 nitrogen and oxygen atoms in total. The molecule has 0 aliphatic carbocycles. The lowest BCUT2D eigenvalue weighted by molar-refractivity contribution is 0.198. The highest BCUT2D eigenvalue weighted by Crippen LogP contribution is 1.86. The van der Waals surface area contributed by atoms with Crippen LogP contribution in [0.5, 0.6) is 0 Å². The van der Waals surface area contributed by atoms with Crippen LogP contribution in [0, 0.1) is 0 Å². The van der Waals surface area contributed by atoms with E-state index in [1.807, 2.05) is 0 Å². The standard InChI is InChI=1S/C3H4ClNO2/c1-2(4)5-3(6)7/h5H,1H2,(H,6,7). The van der Waals surface area contributed by atoms with Crippen molar-refractivity contribution in [2.75, 3.05) is 0 Å². The molecule has 0 saturated carbocycles. The summed E-state index contributed by atoms with van der Waals surface area (Å²) in [6.45, 7) is 3.07. The molecule has 40 valence electrons. The quantitative estimate of drug-likeness (QED) is 0.508.